The molecule has 1 fully saturated rings. The number of fused-ring (bicyclic) bond motifs is 1. The van der Waals surface area contributed by atoms with Gasteiger partial charge in [0, 0.05) is 29.6 Å². The summed E-state index contributed by atoms with van der Waals surface area (Å²) >= 11 is 0. The molecule has 0 saturated carbocycles. The summed E-state index contributed by atoms with van der Waals surface area (Å²) in [6, 6.07) is 0. The maximum Gasteiger partial charge on any atom is 0.313 e. The van der Waals surface area contributed by atoms with E-state index >= 15 is 0 Å². The molecule has 2 aromatic rings. The van der Waals surface area contributed by atoms with Crippen LogP contribution in [0.25, 0.3) is 11.2 Å². The standard InChI is InChI=1S/C11H16N5O8P.Na/c1-15-3-16(8-5(15)9(19)14-11(12)13-8)10-7(18)6(17)4(24-10)2-23-25(20,21)22;/h3-4,6-7,10,17-18H,2H2,1H3,(H4-,12,13,14,19,20,21,22);/t4-,6-,7-,10-;/m1./s1. The molecular formula is C11H16N5NaO8P. The molecule has 3 heterocycles. The first-order valence-corrected chi connectivity index (χ1v) is 8.54. The first-order valence-electron chi connectivity index (χ1n) is 7.04. The Morgan fingerprint density at radius 1 is 1.54 bits per heavy atom. The molecule has 15 heteroatoms. The van der Waals surface area contributed by atoms with E-state index in [1.54, 1.807) is 7.05 Å². The number of aliphatic hydroxyl groups is 2. The zero-order chi connectivity index (χ0) is 18.5. The third-order valence-electron chi connectivity index (χ3n) is 3.80. The third-order valence-corrected chi connectivity index (χ3v) is 4.28. The number of hydrogen-bond acceptors (Lipinski definition) is 9. The Hall–Kier alpha value is -0.860. The summed E-state index contributed by atoms with van der Waals surface area (Å²) in [5.41, 5.74) is 5.27. The minimum atomic E-state index is -5.01. The second-order valence-corrected chi connectivity index (χ2v) is 6.76. The molecule has 1 unspecified atom stereocenters. The van der Waals surface area contributed by atoms with E-state index in [-0.39, 0.29) is 46.7 Å². The molecule has 0 aliphatic carbocycles. The number of aryl methyl sites for hydroxylation is 1. The number of H-pyrrole nitrogens is 1. The molecule has 0 amide bonds. The minimum absolute atomic E-state index is 0. The molecule has 13 nitrogen and oxygen atoms in total. The van der Waals surface area contributed by atoms with Crippen molar-refractivity contribution in [1.29, 1.82) is 0 Å². The van der Waals surface area contributed by atoms with Crippen molar-refractivity contribution in [2.75, 3.05) is 12.3 Å². The molecule has 3 rings (SSSR count). The number of aromatic amines is 1. The Labute approximate surface area is 167 Å². The van der Waals surface area contributed by atoms with Gasteiger partial charge >= 0.3 is 5.65 Å². The number of phosphoric acid groups is 1. The number of nitrogens with one attached hydrogen (secondary N) is 1. The fourth-order valence-electron chi connectivity index (χ4n) is 2.72. The average molecular weight is 400 g/mol. The Bertz CT molecular complexity index is 912. The predicted molar refractivity (Wildman–Crippen MR) is 83.4 cm³/mol. The van der Waals surface area contributed by atoms with E-state index in [9.17, 15) is 24.5 Å². The van der Waals surface area contributed by atoms with Gasteiger partial charge in [0.05, 0.1) is 13.7 Å². The number of ether oxygens (including phenoxy) is 1. The number of aliphatic hydroxyl groups excluding tert-OH is 2. The Balaban J connectivity index is 0.00000243. The van der Waals surface area contributed by atoms with Crippen LogP contribution in [-0.4, -0.2) is 84.1 Å². The molecule has 1 radical (unpaired) electrons. The number of rotatable bonds is 4. The zero-order valence-corrected chi connectivity index (χ0v) is 16.7. The van der Waals surface area contributed by atoms with Gasteiger partial charge in [0.2, 0.25) is 11.7 Å². The van der Waals surface area contributed by atoms with E-state index in [2.05, 4.69) is 14.5 Å². The number of hydrogen-bond donors (Lipinski definition) is 5. The van der Waals surface area contributed by atoms with E-state index in [1.807, 2.05) is 0 Å². The SMILES string of the molecule is Cn1c[n+]([C@@H]2O[C@H](COP(=O)([O-])O)[C@@H](O)[C@H]2O)c2nc(N)[nH]c(=O)c21.[Na]. The molecule has 26 heavy (non-hydrogen) atoms. The Morgan fingerprint density at radius 3 is 2.81 bits per heavy atom. The summed E-state index contributed by atoms with van der Waals surface area (Å²) in [5, 5.41) is 20.2. The summed E-state index contributed by atoms with van der Waals surface area (Å²) in [7, 11) is -3.45. The van der Waals surface area contributed by atoms with Crippen LogP contribution in [0.3, 0.4) is 0 Å². The maximum atomic E-state index is 12.0. The van der Waals surface area contributed by atoms with Gasteiger partial charge in [-0.15, -0.1) is 0 Å². The van der Waals surface area contributed by atoms with E-state index in [4.69, 9.17) is 15.4 Å². The molecule has 1 aliphatic heterocycles. The molecule has 139 valence electrons. The fraction of sp³-hybridized carbons (Fsp3) is 0.545. The number of nitrogen functional groups attached to an aromatic ring is 1. The smallest absolute Gasteiger partial charge is 0.313 e. The van der Waals surface area contributed by atoms with Crippen LogP contribution in [0.4, 0.5) is 5.95 Å². The predicted octanol–water partition coefficient (Wildman–Crippen LogP) is -4.15. The van der Waals surface area contributed by atoms with Crippen LogP contribution in [0.1, 0.15) is 6.23 Å². The quantitative estimate of drug-likeness (QED) is 0.191. The van der Waals surface area contributed by atoms with Crippen LogP contribution in [-0.2, 0) is 20.9 Å². The summed E-state index contributed by atoms with van der Waals surface area (Å²) in [4.78, 5) is 37.6. The third kappa shape index (κ3) is 4.02. The van der Waals surface area contributed by atoms with Gasteiger partial charge in [-0.25, -0.2) is 4.57 Å². The van der Waals surface area contributed by atoms with Crippen LogP contribution in [0.2, 0.25) is 0 Å². The van der Waals surface area contributed by atoms with Crippen molar-refractivity contribution in [3.63, 3.8) is 0 Å². The second kappa shape index (κ2) is 7.64. The van der Waals surface area contributed by atoms with Gasteiger partial charge in [0.1, 0.15) is 18.3 Å². The van der Waals surface area contributed by atoms with Crippen molar-refractivity contribution in [3.8, 4) is 0 Å². The average Bonchev–Trinajstić information content (AvgIpc) is 2.95. The summed E-state index contributed by atoms with van der Waals surface area (Å²) in [6.07, 6.45) is -4.00. The van der Waals surface area contributed by atoms with E-state index < -0.39 is 44.5 Å². The molecule has 5 atom stereocenters. The van der Waals surface area contributed by atoms with E-state index in [0.29, 0.717) is 0 Å². The van der Waals surface area contributed by atoms with Gasteiger partial charge in [-0.2, -0.15) is 0 Å². The molecule has 2 aromatic heterocycles. The Morgan fingerprint density at radius 2 is 2.19 bits per heavy atom. The first kappa shape index (κ1) is 21.4. The molecule has 6 N–H and O–H groups in total. The zero-order valence-electron chi connectivity index (χ0n) is 13.8. The van der Waals surface area contributed by atoms with Crippen molar-refractivity contribution in [3.05, 3.63) is 16.7 Å². The van der Waals surface area contributed by atoms with Gasteiger partial charge in [0.25, 0.3) is 19.3 Å². The molecule has 0 aromatic carbocycles. The van der Waals surface area contributed by atoms with E-state index in [1.165, 1.54) is 15.5 Å². The van der Waals surface area contributed by atoms with Gasteiger partial charge in [-0.1, -0.05) is 4.98 Å². The number of aromatic nitrogens is 4. The van der Waals surface area contributed by atoms with Crippen LogP contribution in [0, 0.1) is 0 Å². The van der Waals surface area contributed by atoms with Gasteiger partial charge in [-0.3, -0.25) is 18.9 Å². The normalized spacial score (nSPS) is 28.0. The number of nitrogens with zero attached hydrogens (tertiary/aromatic N) is 3. The fourth-order valence-corrected chi connectivity index (χ4v) is 3.05. The van der Waals surface area contributed by atoms with Crippen molar-refractivity contribution in [2.45, 2.75) is 24.5 Å². The van der Waals surface area contributed by atoms with Crippen LogP contribution < -0.4 is 20.8 Å². The molecule has 1 aliphatic rings. The molecule has 0 bridgehead atoms. The van der Waals surface area contributed by atoms with Gasteiger partial charge < -0.3 is 35.0 Å². The van der Waals surface area contributed by atoms with Crippen molar-refractivity contribution in [1.82, 2.24) is 14.5 Å². The number of nitrogens with two attached hydrogens (primary N) is 1. The Kier molecular flexibility index (Phi) is 6.30. The monoisotopic (exact) mass is 400 g/mol. The number of imidazole rings is 1. The number of phosphoric ester groups is 1. The summed E-state index contributed by atoms with van der Waals surface area (Å²) in [5.74, 6) is -0.155. The van der Waals surface area contributed by atoms with E-state index in [0.717, 1.165) is 0 Å². The first-order chi connectivity index (χ1) is 11.6. The molecule has 0 spiro atoms. The topological polar surface area (TPSA) is 200 Å². The van der Waals surface area contributed by atoms with Crippen molar-refractivity contribution in [2.24, 2.45) is 7.05 Å². The van der Waals surface area contributed by atoms with Crippen molar-refractivity contribution < 1.29 is 38.4 Å². The second-order valence-electron chi connectivity index (χ2n) is 5.57. The van der Waals surface area contributed by atoms with Crippen LogP contribution >= 0.6 is 7.82 Å². The minimum Gasteiger partial charge on any atom is -0.756 e. The van der Waals surface area contributed by atoms with Crippen LogP contribution in [0.15, 0.2) is 11.1 Å². The molecular weight excluding hydrogens is 384 g/mol. The van der Waals surface area contributed by atoms with Gasteiger partial charge in [-0.05, 0) is 0 Å². The molecule has 1 saturated heterocycles. The van der Waals surface area contributed by atoms with Crippen molar-refractivity contribution >= 4 is 54.5 Å². The summed E-state index contributed by atoms with van der Waals surface area (Å²) < 4.78 is 23.0. The summed E-state index contributed by atoms with van der Waals surface area (Å²) in [6.45, 7) is -0.701. The van der Waals surface area contributed by atoms with Gasteiger partial charge in [0.15, 0.2) is 6.33 Å². The largest absolute Gasteiger partial charge is 0.756 e. The maximum absolute atomic E-state index is 12.0. The van der Waals surface area contributed by atoms with Crippen LogP contribution in [0.5, 0.6) is 0 Å². The number of anilines is 1.